The van der Waals surface area contributed by atoms with Crippen LogP contribution in [0.3, 0.4) is 0 Å². The van der Waals surface area contributed by atoms with Crippen molar-refractivity contribution in [3.63, 3.8) is 0 Å². The molecule has 2 saturated carbocycles. The summed E-state index contributed by atoms with van der Waals surface area (Å²) in [6.45, 7) is 8.54. The fraction of sp³-hybridized carbons (Fsp3) is 0.571. The van der Waals surface area contributed by atoms with Crippen LogP contribution in [0, 0.1) is 23.7 Å². The van der Waals surface area contributed by atoms with Crippen molar-refractivity contribution in [2.24, 2.45) is 23.7 Å². The van der Waals surface area contributed by atoms with Crippen LogP contribution in [0.15, 0.2) is 37.8 Å². The Morgan fingerprint density at radius 2 is 1.24 bits per heavy atom. The summed E-state index contributed by atoms with van der Waals surface area (Å²) in [5.74, 6) is -0.390. The van der Waals surface area contributed by atoms with Gasteiger partial charge in [-0.3, -0.25) is 0 Å². The largest absolute Gasteiger partial charge is 0.502 e. The molecule has 186 valence electrons. The first-order valence-electron chi connectivity index (χ1n) is 12.5. The Morgan fingerprint density at radius 3 is 1.68 bits per heavy atom. The molecule has 1 aromatic carbocycles. The molecule has 2 N–H and O–H groups in total. The third-order valence-electron chi connectivity index (χ3n) is 7.68. The maximum atomic E-state index is 12.4. The second-order valence-corrected chi connectivity index (χ2v) is 9.92. The molecule has 6 nitrogen and oxygen atoms in total. The molecule has 0 unspecified atom stereocenters. The Kier molecular flexibility index (Phi) is 9.61. The van der Waals surface area contributed by atoms with E-state index in [0.29, 0.717) is 49.4 Å². The molecule has 2 aliphatic rings. The highest BCUT2D eigenvalue weighted by molar-refractivity contribution is 5.97. The minimum atomic E-state index is -1.06. The van der Waals surface area contributed by atoms with E-state index < -0.39 is 11.9 Å². The number of carboxylic acid groups (broad SMARTS) is 2. The van der Waals surface area contributed by atoms with E-state index >= 15 is 0 Å². The van der Waals surface area contributed by atoms with Crippen LogP contribution < -0.4 is 0 Å². The molecular weight excluding hydrogens is 432 g/mol. The van der Waals surface area contributed by atoms with Crippen LogP contribution in [0.25, 0.3) is 0 Å². The number of hydrogen-bond donors (Lipinski definition) is 2. The standard InChI is InChI=1S/C28H38O6/c1-3-33-17-21-9-5-19(6-10-21)15-23-13-14-24(27(29)30)25(26(23)28(31)32)16-20-7-11-22(12-8-20)18-34-4-2/h3-4,13-14,19-22H,1-2,5-12,15-18H2,(H,29,30)(H,31,32). The van der Waals surface area contributed by atoms with Gasteiger partial charge in [0.15, 0.2) is 0 Å². The first kappa shape index (κ1) is 25.9. The maximum absolute atomic E-state index is 12.4. The lowest BCUT2D eigenvalue weighted by molar-refractivity contribution is 0.0693. The Morgan fingerprint density at radius 1 is 0.765 bits per heavy atom. The van der Waals surface area contributed by atoms with E-state index in [1.54, 1.807) is 12.1 Å². The molecule has 0 aromatic heterocycles. The summed E-state index contributed by atoms with van der Waals surface area (Å²) in [6, 6.07) is 3.35. The molecular formula is C28H38O6. The summed E-state index contributed by atoms with van der Waals surface area (Å²) >= 11 is 0. The van der Waals surface area contributed by atoms with E-state index in [4.69, 9.17) is 9.47 Å². The molecule has 0 amide bonds. The fourth-order valence-corrected chi connectivity index (χ4v) is 5.76. The quantitative estimate of drug-likeness (QED) is 0.359. The molecule has 0 saturated heterocycles. The van der Waals surface area contributed by atoms with Crippen molar-refractivity contribution in [1.29, 1.82) is 0 Å². The molecule has 2 aliphatic carbocycles. The zero-order chi connectivity index (χ0) is 24.5. The molecule has 2 fully saturated rings. The lowest BCUT2D eigenvalue weighted by Crippen LogP contribution is -2.23. The number of rotatable bonds is 12. The number of aromatic carboxylic acids is 2. The lowest BCUT2D eigenvalue weighted by atomic mass is 9.76. The van der Waals surface area contributed by atoms with Crippen LogP contribution in [-0.4, -0.2) is 35.4 Å². The van der Waals surface area contributed by atoms with Crippen LogP contribution in [-0.2, 0) is 22.3 Å². The average molecular weight is 471 g/mol. The van der Waals surface area contributed by atoms with Crippen molar-refractivity contribution in [2.75, 3.05) is 13.2 Å². The highest BCUT2D eigenvalue weighted by atomic mass is 16.5. The first-order valence-corrected chi connectivity index (χ1v) is 12.5. The second kappa shape index (κ2) is 12.6. The van der Waals surface area contributed by atoms with Crippen molar-refractivity contribution in [1.82, 2.24) is 0 Å². The van der Waals surface area contributed by atoms with E-state index in [1.165, 1.54) is 12.5 Å². The summed E-state index contributed by atoms with van der Waals surface area (Å²) in [4.78, 5) is 24.4. The Labute approximate surface area is 202 Å². The molecule has 1 aromatic rings. The van der Waals surface area contributed by atoms with Crippen molar-refractivity contribution in [2.45, 2.75) is 64.2 Å². The van der Waals surface area contributed by atoms with Crippen molar-refractivity contribution < 1.29 is 29.3 Å². The molecule has 0 heterocycles. The minimum absolute atomic E-state index is 0.128. The van der Waals surface area contributed by atoms with Gasteiger partial charge in [-0.25, -0.2) is 9.59 Å². The summed E-state index contributed by atoms with van der Waals surface area (Å²) in [5.41, 5.74) is 1.61. The van der Waals surface area contributed by atoms with Gasteiger partial charge in [0, 0.05) is 0 Å². The van der Waals surface area contributed by atoms with Gasteiger partial charge in [0.05, 0.1) is 36.9 Å². The van der Waals surface area contributed by atoms with Crippen LogP contribution in [0.5, 0.6) is 0 Å². The number of ether oxygens (including phenoxy) is 2. The van der Waals surface area contributed by atoms with Gasteiger partial charge in [0.25, 0.3) is 0 Å². The number of carbonyl (C=O) groups is 2. The predicted molar refractivity (Wildman–Crippen MR) is 131 cm³/mol. The van der Waals surface area contributed by atoms with E-state index in [0.717, 1.165) is 56.9 Å². The monoisotopic (exact) mass is 470 g/mol. The molecule has 34 heavy (non-hydrogen) atoms. The molecule has 3 rings (SSSR count). The topological polar surface area (TPSA) is 93.1 Å². The third kappa shape index (κ3) is 6.87. The number of carboxylic acids is 2. The zero-order valence-electron chi connectivity index (χ0n) is 20.0. The molecule has 0 radical (unpaired) electrons. The van der Waals surface area contributed by atoms with Gasteiger partial charge in [-0.05, 0) is 105 Å². The smallest absolute Gasteiger partial charge is 0.336 e. The highest BCUT2D eigenvalue weighted by Crippen LogP contribution is 2.36. The first-order chi connectivity index (χ1) is 16.4. The van der Waals surface area contributed by atoms with E-state index in [9.17, 15) is 19.8 Å². The lowest BCUT2D eigenvalue weighted by Gasteiger charge is -2.30. The van der Waals surface area contributed by atoms with E-state index in [2.05, 4.69) is 13.2 Å². The second-order valence-electron chi connectivity index (χ2n) is 9.92. The van der Waals surface area contributed by atoms with Crippen molar-refractivity contribution >= 4 is 11.9 Å². The summed E-state index contributed by atoms with van der Waals surface area (Å²) < 4.78 is 10.7. The van der Waals surface area contributed by atoms with Crippen molar-refractivity contribution in [3.8, 4) is 0 Å². The minimum Gasteiger partial charge on any atom is -0.502 e. The van der Waals surface area contributed by atoms with Gasteiger partial charge < -0.3 is 19.7 Å². The van der Waals surface area contributed by atoms with E-state index in [-0.39, 0.29) is 17.0 Å². The van der Waals surface area contributed by atoms with Gasteiger partial charge >= 0.3 is 11.9 Å². The molecule has 0 atom stereocenters. The highest BCUT2D eigenvalue weighted by Gasteiger charge is 2.29. The Balaban J connectivity index is 1.74. The van der Waals surface area contributed by atoms with Gasteiger partial charge in [-0.1, -0.05) is 19.2 Å². The summed E-state index contributed by atoms with van der Waals surface area (Å²) in [7, 11) is 0. The molecule has 6 heteroatoms. The normalized spacial score (nSPS) is 24.7. The Bertz CT molecular complexity index is 860. The summed E-state index contributed by atoms with van der Waals surface area (Å²) in [6.07, 6.45) is 12.2. The maximum Gasteiger partial charge on any atom is 0.336 e. The molecule has 0 aliphatic heterocycles. The van der Waals surface area contributed by atoms with Gasteiger partial charge in [-0.15, -0.1) is 0 Å². The van der Waals surface area contributed by atoms with Gasteiger partial charge in [0.1, 0.15) is 0 Å². The van der Waals surface area contributed by atoms with Crippen molar-refractivity contribution in [3.05, 3.63) is 60.1 Å². The van der Waals surface area contributed by atoms with E-state index in [1.807, 2.05) is 0 Å². The van der Waals surface area contributed by atoms with Gasteiger partial charge in [0.2, 0.25) is 0 Å². The number of benzene rings is 1. The molecule has 0 spiro atoms. The number of hydrogen-bond acceptors (Lipinski definition) is 4. The SMILES string of the molecule is C=COCC1CCC(Cc2ccc(C(=O)O)c(CC3CCC(COC=C)CC3)c2C(=O)O)CC1. The zero-order valence-corrected chi connectivity index (χ0v) is 20.0. The third-order valence-corrected chi connectivity index (χ3v) is 7.68. The Hall–Kier alpha value is -2.76. The predicted octanol–water partition coefficient (Wildman–Crippen LogP) is 6.10. The van der Waals surface area contributed by atoms with Crippen LogP contribution >= 0.6 is 0 Å². The van der Waals surface area contributed by atoms with Crippen LogP contribution in [0.4, 0.5) is 0 Å². The van der Waals surface area contributed by atoms with Gasteiger partial charge in [-0.2, -0.15) is 0 Å². The average Bonchev–Trinajstić information content (AvgIpc) is 2.83. The van der Waals surface area contributed by atoms with Crippen LogP contribution in [0.2, 0.25) is 0 Å². The fourth-order valence-electron chi connectivity index (χ4n) is 5.76. The summed E-state index contributed by atoms with van der Waals surface area (Å²) in [5, 5.41) is 20.0. The van der Waals surface area contributed by atoms with Crippen LogP contribution in [0.1, 0.15) is 83.2 Å². The molecule has 0 bridgehead atoms.